The van der Waals surface area contributed by atoms with E-state index < -0.39 is 127 Å². The molecular formula is C68H62F12N2O14. The first kappa shape index (κ1) is 75.8. The van der Waals surface area contributed by atoms with Crippen molar-refractivity contribution in [1.82, 2.24) is 9.13 Å². The van der Waals surface area contributed by atoms with Gasteiger partial charge < -0.3 is 25.5 Å². The van der Waals surface area contributed by atoms with Crippen molar-refractivity contribution in [3.8, 4) is 5.69 Å². The van der Waals surface area contributed by atoms with E-state index in [0.717, 1.165) is 47.0 Å². The number of carbonyl (C=O) groups is 3. The summed E-state index contributed by atoms with van der Waals surface area (Å²) in [5, 5.41) is 51.0. The van der Waals surface area contributed by atoms with Crippen LogP contribution in [0.2, 0.25) is 0 Å². The molecule has 96 heavy (non-hydrogen) atoms. The maximum atomic E-state index is 14.4. The molecule has 2 heterocycles. The van der Waals surface area contributed by atoms with Gasteiger partial charge in [-0.2, -0.15) is 62.3 Å². The van der Waals surface area contributed by atoms with Gasteiger partial charge in [-0.15, -0.1) is 0 Å². The summed E-state index contributed by atoms with van der Waals surface area (Å²) in [6, 6.07) is 15.4. The third-order valence-electron chi connectivity index (χ3n) is 17.3. The van der Waals surface area contributed by atoms with Crippen LogP contribution in [0, 0.1) is 41.5 Å². The third kappa shape index (κ3) is 14.1. The minimum Gasteiger partial charge on any atom is -0.478 e. The van der Waals surface area contributed by atoms with Crippen molar-refractivity contribution < 1.29 is 102 Å². The van der Waals surface area contributed by atoms with Gasteiger partial charge in [-0.05, 0) is 184 Å². The predicted octanol–water partition coefficient (Wildman–Crippen LogP) is 11.4. The highest BCUT2D eigenvalue weighted by atomic mass is 19.4. The number of carbonyl (C=O) groups excluding carboxylic acids is 4. The minimum absolute atomic E-state index is 0.000115. The number of nitrogens with zero attached hydrogens (tertiary/aromatic N) is 2. The fourth-order valence-electron chi connectivity index (χ4n) is 11.3. The second-order valence-corrected chi connectivity index (χ2v) is 24.1. The van der Waals surface area contributed by atoms with E-state index in [2.05, 4.69) is 0 Å². The van der Waals surface area contributed by atoms with Crippen LogP contribution >= 0.6 is 0 Å². The van der Waals surface area contributed by atoms with Crippen LogP contribution < -0.4 is 22.2 Å². The van der Waals surface area contributed by atoms with Crippen LogP contribution in [0.4, 0.5) is 52.7 Å². The highest BCUT2D eigenvalue weighted by Crippen LogP contribution is 2.46. The van der Waals surface area contributed by atoms with Gasteiger partial charge in [-0.25, -0.2) is 9.36 Å². The first-order chi connectivity index (χ1) is 43.8. The van der Waals surface area contributed by atoms with Crippen LogP contribution in [-0.2, 0) is 58.3 Å². The number of aryl methyl sites for hydroxylation is 4. The number of Topliss-reactive ketones (excluding diaryl/α,β-unsaturated/α-hetero) is 2. The molecule has 0 aliphatic rings. The van der Waals surface area contributed by atoms with E-state index in [9.17, 15) is 112 Å². The second-order valence-electron chi connectivity index (χ2n) is 24.1. The van der Waals surface area contributed by atoms with E-state index in [4.69, 9.17) is 9.59 Å². The van der Waals surface area contributed by atoms with Crippen molar-refractivity contribution >= 4 is 45.2 Å². The zero-order chi connectivity index (χ0) is 73.2. The van der Waals surface area contributed by atoms with Crippen LogP contribution in [-0.4, -0.2) is 83.1 Å². The predicted molar refractivity (Wildman–Crippen MR) is 324 cm³/mol. The molecule has 0 saturated carbocycles. The summed E-state index contributed by atoms with van der Waals surface area (Å²) in [6.45, 7) is 12.2. The molecule has 16 nitrogen and oxygen atoms in total. The summed E-state index contributed by atoms with van der Waals surface area (Å²) >= 11 is 0. The van der Waals surface area contributed by atoms with Gasteiger partial charge in [-0.1, -0.05) is 61.5 Å². The van der Waals surface area contributed by atoms with Crippen molar-refractivity contribution in [3.05, 3.63) is 220 Å². The number of carboxylic acids is 1. The summed E-state index contributed by atoms with van der Waals surface area (Å²) in [5.74, 6) is -2.73. The molecule has 28 heteroatoms. The molecule has 4 atom stereocenters. The second kappa shape index (κ2) is 26.4. The zero-order valence-corrected chi connectivity index (χ0v) is 53.2. The molecule has 8 rings (SSSR count). The van der Waals surface area contributed by atoms with Gasteiger partial charge in [0.15, 0.2) is 34.0 Å². The van der Waals surface area contributed by atoms with Crippen molar-refractivity contribution in [2.45, 2.75) is 149 Å². The molecule has 0 bridgehead atoms. The van der Waals surface area contributed by atoms with Gasteiger partial charge >= 0.3 is 36.8 Å². The number of hydrogen-bond acceptors (Lipinski definition) is 13. The minimum atomic E-state index is -5.32. The monoisotopic (exact) mass is 1360 g/mol. The van der Waals surface area contributed by atoms with E-state index in [1.165, 1.54) is 85.8 Å². The van der Waals surface area contributed by atoms with E-state index in [0.29, 0.717) is 43.4 Å². The molecule has 0 fully saturated rings. The molecule has 0 amide bonds. The lowest BCUT2D eigenvalue weighted by Gasteiger charge is -2.31. The lowest BCUT2D eigenvalue weighted by molar-refractivity contribution is -0.259. The fraction of sp³-hybridized carbons (Fsp3) is 0.353. The molecule has 8 aromatic rings. The molecule has 0 aliphatic heterocycles. The molecule has 2 aromatic heterocycles. The Labute approximate surface area is 537 Å². The number of ketones is 2. The number of carboxylic acid groups (broad SMARTS) is 1. The Morgan fingerprint density at radius 1 is 0.448 bits per heavy atom. The van der Waals surface area contributed by atoms with Crippen LogP contribution in [0.25, 0.3) is 27.2 Å². The van der Waals surface area contributed by atoms with Gasteiger partial charge in [0.2, 0.25) is 0 Å². The summed E-state index contributed by atoms with van der Waals surface area (Å²) in [5.41, 5.74) is -19.2. The van der Waals surface area contributed by atoms with Gasteiger partial charge in [-0.3, -0.25) is 33.3 Å². The zero-order valence-electron chi connectivity index (χ0n) is 53.2. The molecule has 0 radical (unpaired) electrons. The van der Waals surface area contributed by atoms with Crippen LogP contribution in [0.3, 0.4) is 0 Å². The largest absolute Gasteiger partial charge is 0.478 e. The maximum absolute atomic E-state index is 14.4. The highest BCUT2D eigenvalue weighted by molar-refractivity contribution is 6.08. The van der Waals surface area contributed by atoms with E-state index in [-0.39, 0.29) is 108 Å². The number of halogens is 12. The number of alkyl halides is 12. The summed E-state index contributed by atoms with van der Waals surface area (Å²) < 4.78 is 169. The molecular weight excluding hydrogens is 1300 g/mol. The standard InChI is InChI=1S/C34H34F6O6.C33H28F6N2O6.CO2/c1-7-28(41)23-9-8-22(15-25(23)30(43)44)29(42)16-24-18(3)11-21(14-27(24)32(6,46)34(38,39)40)12-20-10-17(2)19(4)26(13-20)31(5,45)33(35,36)37;1-14-7-17(10-23(16(14)3)30(4,46)32(34,35)36)9-18-8-15(2)25(24(11-18)31(5,47)33(37,38)39)41-28(44)21-12-19-20(13-22(21)29(41)45)27(43)40(6)26(19)42;2-1-3/h8-11,13-15,45-46H,7,12,16H2,1-6H3,(H,43,44);7-8,10-13,46-47H,9H2,1-6H3;. The van der Waals surface area contributed by atoms with Crippen molar-refractivity contribution in [1.29, 1.82) is 0 Å². The lowest BCUT2D eigenvalue weighted by Crippen LogP contribution is -2.41. The number of aromatic carboxylic acids is 1. The van der Waals surface area contributed by atoms with Crippen molar-refractivity contribution in [2.24, 2.45) is 7.05 Å². The third-order valence-corrected chi connectivity index (χ3v) is 17.3. The van der Waals surface area contributed by atoms with E-state index in [1.54, 1.807) is 6.07 Å². The Balaban J connectivity index is 0.000000292. The van der Waals surface area contributed by atoms with E-state index >= 15 is 0 Å². The average molecular weight is 1360 g/mol. The van der Waals surface area contributed by atoms with Gasteiger partial charge in [0.25, 0.3) is 22.2 Å². The Morgan fingerprint density at radius 3 is 1.16 bits per heavy atom. The number of benzene rings is 6. The normalized spacial score (nSPS) is 14.7. The molecule has 0 saturated heterocycles. The van der Waals surface area contributed by atoms with Crippen LogP contribution in [0.15, 0.2) is 98.0 Å². The Hall–Kier alpha value is -9.21. The number of aliphatic hydroxyl groups is 4. The summed E-state index contributed by atoms with van der Waals surface area (Å²) in [6.07, 6.45) is -21.4. The lowest BCUT2D eigenvalue weighted by atomic mass is 9.82. The fourth-order valence-corrected chi connectivity index (χ4v) is 11.3. The summed E-state index contributed by atoms with van der Waals surface area (Å²) in [4.78, 5) is 106. The number of hydrogen-bond donors (Lipinski definition) is 5. The number of fused-ring (bicyclic) bond motifs is 2. The van der Waals surface area contributed by atoms with Gasteiger partial charge in [0.1, 0.15) is 0 Å². The molecule has 0 spiro atoms. The van der Waals surface area contributed by atoms with Crippen molar-refractivity contribution in [3.63, 3.8) is 0 Å². The average Bonchev–Trinajstić information content (AvgIpc) is 1.56. The molecule has 512 valence electrons. The quantitative estimate of drug-likeness (QED) is 0.0472. The smallest absolute Gasteiger partial charge is 0.421 e. The van der Waals surface area contributed by atoms with E-state index in [1.807, 2.05) is 0 Å². The highest BCUT2D eigenvalue weighted by Gasteiger charge is 2.55. The van der Waals surface area contributed by atoms with Gasteiger partial charge in [0.05, 0.1) is 32.8 Å². The first-order valence-electron chi connectivity index (χ1n) is 28.7. The first-order valence-corrected chi connectivity index (χ1v) is 28.7. The summed E-state index contributed by atoms with van der Waals surface area (Å²) in [7, 11) is 1.21. The Kier molecular flexibility index (Phi) is 20.9. The Morgan fingerprint density at radius 2 is 0.781 bits per heavy atom. The molecule has 4 unspecified atom stereocenters. The Bertz CT molecular complexity index is 4640. The molecule has 6 aromatic carbocycles. The number of aromatic nitrogens is 2. The maximum Gasteiger partial charge on any atom is 0.421 e. The van der Waals surface area contributed by atoms with Crippen molar-refractivity contribution in [2.75, 3.05) is 0 Å². The number of rotatable bonds is 15. The molecule has 5 N–H and O–H groups in total. The van der Waals surface area contributed by atoms with Gasteiger partial charge in [0, 0.05) is 36.6 Å². The topological polar surface area (TPSA) is 265 Å². The molecule has 0 aliphatic carbocycles. The van der Waals surface area contributed by atoms with Crippen LogP contribution in [0.1, 0.15) is 156 Å². The SMILES string of the molecule is CCC(=O)c1ccc(C(=O)Cc2c(C)cc(Cc3cc(C)c(C)c(C(C)(O)C(F)(F)F)c3)cc2C(C)(O)C(F)(F)F)cc1C(=O)O.Cc1cc(Cc2cc(C)c(-n3c(=O)c4cc5c(=O)n(C)c(=O)c5cc4c3=O)c(C(C)(O)C(F)(F)F)c2)cc(C(C)(O)C(F)(F)F)c1C.O=C=O. The van der Waals surface area contributed by atoms with Crippen LogP contribution in [0.5, 0.6) is 0 Å².